The molecule has 0 bridgehead atoms. The van der Waals surface area contributed by atoms with E-state index in [2.05, 4.69) is 15.7 Å². The molecule has 0 aliphatic rings. The van der Waals surface area contributed by atoms with E-state index in [4.69, 9.17) is 12.2 Å². The summed E-state index contributed by atoms with van der Waals surface area (Å²) in [5.41, 5.74) is 0.726. The fourth-order valence-corrected chi connectivity index (χ4v) is 1.18. The lowest BCUT2D eigenvalue weighted by Gasteiger charge is -2.08. The molecule has 0 aliphatic heterocycles. The van der Waals surface area contributed by atoms with Crippen LogP contribution in [0, 0.1) is 6.92 Å². The Morgan fingerprint density at radius 3 is 3.00 bits per heavy atom. The Kier molecular flexibility index (Phi) is 4.23. The third kappa shape index (κ3) is 3.67. The zero-order chi connectivity index (χ0) is 11.3. The Morgan fingerprint density at radius 2 is 2.33 bits per heavy atom. The van der Waals surface area contributed by atoms with E-state index in [1.165, 1.54) is 10.7 Å². The van der Waals surface area contributed by atoms with Gasteiger partial charge in [0, 0.05) is 19.7 Å². The van der Waals surface area contributed by atoms with Gasteiger partial charge in [-0.05, 0) is 25.2 Å². The van der Waals surface area contributed by atoms with Crippen LogP contribution >= 0.6 is 12.2 Å². The minimum atomic E-state index is -0.0993. The highest BCUT2D eigenvalue weighted by Gasteiger charge is 1.97. The monoisotopic (exact) mass is 226 g/mol. The molecule has 2 N–H and O–H groups in total. The summed E-state index contributed by atoms with van der Waals surface area (Å²) in [5, 5.41) is 10.4. The van der Waals surface area contributed by atoms with Crippen molar-refractivity contribution in [2.45, 2.75) is 13.5 Å². The molecule has 82 valence electrons. The van der Waals surface area contributed by atoms with E-state index in [9.17, 15) is 4.79 Å². The van der Waals surface area contributed by atoms with Crippen molar-refractivity contribution in [1.82, 2.24) is 20.4 Å². The highest BCUT2D eigenvalue weighted by atomic mass is 32.1. The fourth-order valence-electron chi connectivity index (χ4n) is 1.07. The lowest BCUT2D eigenvalue weighted by Crippen LogP contribution is -2.36. The number of nitrogens with one attached hydrogen (secondary N) is 2. The number of hydrogen-bond donors (Lipinski definition) is 2. The summed E-state index contributed by atoms with van der Waals surface area (Å²) < 4.78 is 1.42. The summed E-state index contributed by atoms with van der Waals surface area (Å²) in [6.45, 7) is 2.93. The minimum Gasteiger partial charge on any atom is -0.366 e. The van der Waals surface area contributed by atoms with Crippen molar-refractivity contribution in [3.63, 3.8) is 0 Å². The second-order valence-electron chi connectivity index (χ2n) is 3.04. The first kappa shape index (κ1) is 11.6. The van der Waals surface area contributed by atoms with E-state index in [1.807, 2.05) is 6.92 Å². The van der Waals surface area contributed by atoms with Crippen molar-refractivity contribution in [3.8, 4) is 0 Å². The third-order valence-electron chi connectivity index (χ3n) is 1.84. The van der Waals surface area contributed by atoms with Gasteiger partial charge in [0.15, 0.2) is 5.11 Å². The van der Waals surface area contributed by atoms with E-state index >= 15 is 0 Å². The van der Waals surface area contributed by atoms with Gasteiger partial charge in [-0.1, -0.05) is 0 Å². The highest BCUT2D eigenvalue weighted by Crippen LogP contribution is 1.85. The van der Waals surface area contributed by atoms with E-state index in [0.717, 1.165) is 5.69 Å². The Hall–Kier alpha value is -1.43. The Balaban J connectivity index is 2.54. The molecule has 0 radical (unpaired) electrons. The first-order valence-electron chi connectivity index (χ1n) is 4.64. The number of rotatable bonds is 3. The summed E-state index contributed by atoms with van der Waals surface area (Å²) in [7, 11) is 1.74. The van der Waals surface area contributed by atoms with Crippen LogP contribution in [0.25, 0.3) is 0 Å². The predicted molar refractivity (Wildman–Crippen MR) is 62.9 cm³/mol. The first-order chi connectivity index (χ1) is 7.13. The minimum absolute atomic E-state index is 0.0993. The van der Waals surface area contributed by atoms with Gasteiger partial charge in [0.05, 0.1) is 12.2 Å². The average molecular weight is 226 g/mol. The van der Waals surface area contributed by atoms with Gasteiger partial charge in [-0.15, -0.1) is 0 Å². The van der Waals surface area contributed by atoms with Crippen molar-refractivity contribution in [2.75, 3.05) is 13.6 Å². The van der Waals surface area contributed by atoms with Crippen LogP contribution in [0.4, 0.5) is 0 Å². The van der Waals surface area contributed by atoms with Gasteiger partial charge < -0.3 is 10.6 Å². The molecule has 0 spiro atoms. The molecule has 0 aromatic carbocycles. The van der Waals surface area contributed by atoms with Crippen LogP contribution in [0.3, 0.4) is 0 Å². The van der Waals surface area contributed by atoms with Crippen LogP contribution in [-0.2, 0) is 6.54 Å². The SMILES string of the molecule is CNC(=S)NCCn1nc(C)ccc1=O. The topological polar surface area (TPSA) is 58.9 Å². The average Bonchev–Trinajstić information content (AvgIpc) is 2.23. The maximum atomic E-state index is 11.3. The maximum Gasteiger partial charge on any atom is 0.266 e. The highest BCUT2D eigenvalue weighted by molar-refractivity contribution is 7.80. The van der Waals surface area contributed by atoms with Gasteiger partial charge in [-0.2, -0.15) is 5.10 Å². The van der Waals surface area contributed by atoms with Crippen LogP contribution in [0.15, 0.2) is 16.9 Å². The molecule has 1 aromatic heterocycles. The summed E-state index contributed by atoms with van der Waals surface area (Å²) in [4.78, 5) is 11.3. The largest absolute Gasteiger partial charge is 0.366 e. The van der Waals surface area contributed by atoms with Crippen LogP contribution in [0.1, 0.15) is 5.69 Å². The van der Waals surface area contributed by atoms with Crippen molar-refractivity contribution in [1.29, 1.82) is 0 Å². The molecule has 15 heavy (non-hydrogen) atoms. The summed E-state index contributed by atoms with van der Waals surface area (Å²) in [5.74, 6) is 0. The Labute approximate surface area is 93.5 Å². The van der Waals surface area contributed by atoms with Gasteiger partial charge >= 0.3 is 0 Å². The smallest absolute Gasteiger partial charge is 0.266 e. The van der Waals surface area contributed by atoms with Gasteiger partial charge in [0.1, 0.15) is 0 Å². The van der Waals surface area contributed by atoms with Crippen molar-refractivity contribution >= 4 is 17.3 Å². The van der Waals surface area contributed by atoms with Gasteiger partial charge in [0.25, 0.3) is 5.56 Å². The van der Waals surface area contributed by atoms with E-state index in [1.54, 1.807) is 13.1 Å². The van der Waals surface area contributed by atoms with Gasteiger partial charge in [-0.25, -0.2) is 4.68 Å². The first-order valence-corrected chi connectivity index (χ1v) is 5.04. The number of aromatic nitrogens is 2. The molecule has 1 aromatic rings. The number of hydrogen-bond acceptors (Lipinski definition) is 3. The second-order valence-corrected chi connectivity index (χ2v) is 3.45. The Bertz CT molecular complexity index is 401. The molecule has 0 atom stereocenters. The number of aryl methyl sites for hydroxylation is 1. The normalized spacial score (nSPS) is 9.73. The molecular formula is C9H14N4OS. The lowest BCUT2D eigenvalue weighted by molar-refractivity contribution is 0.562. The van der Waals surface area contributed by atoms with E-state index in [0.29, 0.717) is 18.2 Å². The summed E-state index contributed by atoms with van der Waals surface area (Å²) >= 11 is 4.90. The molecule has 0 saturated heterocycles. The standard InChI is InChI=1S/C9H14N4OS/c1-7-3-4-8(14)13(12-7)6-5-11-9(15)10-2/h3-4H,5-6H2,1-2H3,(H2,10,11,15). The van der Waals surface area contributed by atoms with E-state index < -0.39 is 0 Å². The second kappa shape index (κ2) is 5.45. The van der Waals surface area contributed by atoms with Crippen LogP contribution < -0.4 is 16.2 Å². The molecule has 0 amide bonds. The quantitative estimate of drug-likeness (QED) is 0.690. The maximum absolute atomic E-state index is 11.3. The zero-order valence-corrected chi connectivity index (χ0v) is 9.60. The lowest BCUT2D eigenvalue weighted by atomic mass is 10.4. The Morgan fingerprint density at radius 1 is 1.60 bits per heavy atom. The van der Waals surface area contributed by atoms with Crippen molar-refractivity contribution < 1.29 is 0 Å². The predicted octanol–water partition coefficient (Wildman–Crippen LogP) is -0.354. The third-order valence-corrected chi connectivity index (χ3v) is 2.18. The summed E-state index contributed by atoms with van der Waals surface area (Å²) in [6, 6.07) is 3.21. The fraction of sp³-hybridized carbons (Fsp3) is 0.444. The van der Waals surface area contributed by atoms with E-state index in [-0.39, 0.29) is 5.56 Å². The molecule has 0 unspecified atom stereocenters. The molecule has 6 heteroatoms. The van der Waals surface area contributed by atoms with Crippen LogP contribution in [0.2, 0.25) is 0 Å². The number of thiocarbonyl (C=S) groups is 1. The van der Waals surface area contributed by atoms with Crippen LogP contribution in [-0.4, -0.2) is 28.5 Å². The zero-order valence-electron chi connectivity index (χ0n) is 8.78. The molecule has 1 rings (SSSR count). The number of nitrogens with zero attached hydrogens (tertiary/aromatic N) is 2. The van der Waals surface area contributed by atoms with Crippen LogP contribution in [0.5, 0.6) is 0 Å². The summed E-state index contributed by atoms with van der Waals surface area (Å²) in [6.07, 6.45) is 0. The molecule has 0 saturated carbocycles. The molecule has 0 fully saturated rings. The molecular weight excluding hydrogens is 212 g/mol. The van der Waals surface area contributed by atoms with Gasteiger partial charge in [0.2, 0.25) is 0 Å². The molecule has 1 heterocycles. The van der Waals surface area contributed by atoms with Crippen molar-refractivity contribution in [3.05, 3.63) is 28.2 Å². The molecule has 5 nitrogen and oxygen atoms in total. The molecule has 0 aliphatic carbocycles. The van der Waals surface area contributed by atoms with Gasteiger partial charge in [-0.3, -0.25) is 4.79 Å². The van der Waals surface area contributed by atoms with Crippen molar-refractivity contribution in [2.24, 2.45) is 0 Å².